The predicted molar refractivity (Wildman–Crippen MR) is 53.2 cm³/mol. The molecule has 1 aliphatic carbocycles. The summed E-state index contributed by atoms with van der Waals surface area (Å²) in [6.07, 6.45) is 8.63. The molecular weight excluding hydrogens is 168 g/mol. The number of ether oxygens (including phenoxy) is 1. The third-order valence-electron chi connectivity index (χ3n) is 2.25. The quantitative estimate of drug-likeness (QED) is 0.419. The van der Waals surface area contributed by atoms with E-state index in [1.807, 2.05) is 0 Å². The Kier molecular flexibility index (Phi) is 2.26. The van der Waals surface area contributed by atoms with Crippen molar-refractivity contribution < 1.29 is 4.74 Å². The number of thiocarbonyl (C=S) groups is 1. The molecule has 2 heteroatoms. The maximum Gasteiger partial charge on any atom is 0.104 e. The molecule has 64 valence electrons. The lowest BCUT2D eigenvalue weighted by Gasteiger charge is -2.11. The first kappa shape index (κ1) is 7.99. The van der Waals surface area contributed by atoms with Crippen molar-refractivity contribution in [1.29, 1.82) is 0 Å². The van der Waals surface area contributed by atoms with E-state index in [0.29, 0.717) is 0 Å². The van der Waals surface area contributed by atoms with Gasteiger partial charge in [-0.1, -0.05) is 24.4 Å². The molecule has 1 saturated heterocycles. The highest BCUT2D eigenvalue weighted by molar-refractivity contribution is 7.80. The van der Waals surface area contributed by atoms with E-state index in [9.17, 15) is 0 Å². The molecule has 0 atom stereocenters. The molecule has 1 nitrogen and oxygen atoms in total. The van der Waals surface area contributed by atoms with Crippen LogP contribution in [0.15, 0.2) is 23.5 Å². The summed E-state index contributed by atoms with van der Waals surface area (Å²) >= 11 is 5.27. The van der Waals surface area contributed by atoms with E-state index in [1.165, 1.54) is 5.57 Å². The first-order valence-electron chi connectivity index (χ1n) is 4.43. The molecule has 1 fully saturated rings. The lowest BCUT2D eigenvalue weighted by atomic mass is 10.00. The molecule has 0 aromatic heterocycles. The van der Waals surface area contributed by atoms with Crippen LogP contribution in [0.1, 0.15) is 25.7 Å². The van der Waals surface area contributed by atoms with Gasteiger partial charge >= 0.3 is 0 Å². The van der Waals surface area contributed by atoms with Gasteiger partial charge in [-0.25, -0.2) is 0 Å². The van der Waals surface area contributed by atoms with Crippen molar-refractivity contribution in [2.45, 2.75) is 25.7 Å². The van der Waals surface area contributed by atoms with E-state index in [-0.39, 0.29) is 0 Å². The fraction of sp³-hybridized carbons (Fsp3) is 0.500. The summed E-state index contributed by atoms with van der Waals surface area (Å²) in [7, 11) is 0. The van der Waals surface area contributed by atoms with Crippen LogP contribution in [0.5, 0.6) is 0 Å². The van der Waals surface area contributed by atoms with Gasteiger partial charge in [-0.2, -0.15) is 0 Å². The van der Waals surface area contributed by atoms with Crippen molar-refractivity contribution in [2.24, 2.45) is 0 Å². The second kappa shape index (κ2) is 3.40. The number of hydrogen-bond acceptors (Lipinski definition) is 2. The van der Waals surface area contributed by atoms with E-state index >= 15 is 0 Å². The zero-order valence-electron chi connectivity index (χ0n) is 7.01. The third kappa shape index (κ3) is 1.44. The molecule has 0 aromatic rings. The van der Waals surface area contributed by atoms with E-state index in [2.05, 4.69) is 12.2 Å². The molecule has 0 aromatic carbocycles. The van der Waals surface area contributed by atoms with E-state index in [0.717, 1.165) is 42.9 Å². The van der Waals surface area contributed by atoms with Crippen LogP contribution in [0.2, 0.25) is 0 Å². The molecule has 0 bridgehead atoms. The molecule has 0 unspecified atom stereocenters. The SMILES string of the molecule is S=C1CCC=C/C1=C1\CCCO1. The van der Waals surface area contributed by atoms with Crippen LogP contribution in [-0.2, 0) is 4.74 Å². The van der Waals surface area contributed by atoms with E-state index in [4.69, 9.17) is 17.0 Å². The summed E-state index contributed by atoms with van der Waals surface area (Å²) < 4.78 is 5.50. The number of rotatable bonds is 0. The minimum Gasteiger partial charge on any atom is -0.497 e. The standard InChI is InChI=1S/C10H12OS/c12-10-6-2-1-4-8(10)9-5-3-7-11-9/h1,4H,2-3,5-7H2/b9-8-. The summed E-state index contributed by atoms with van der Waals surface area (Å²) in [5.41, 5.74) is 1.19. The fourth-order valence-electron chi connectivity index (χ4n) is 1.60. The van der Waals surface area contributed by atoms with Gasteiger partial charge in [-0.05, 0) is 19.3 Å². The predicted octanol–water partition coefficient (Wildman–Crippen LogP) is 2.77. The monoisotopic (exact) mass is 180 g/mol. The molecule has 2 rings (SSSR count). The third-order valence-corrected chi connectivity index (χ3v) is 2.67. The first-order chi connectivity index (χ1) is 5.88. The van der Waals surface area contributed by atoms with Crippen LogP contribution in [0, 0.1) is 0 Å². The highest BCUT2D eigenvalue weighted by Crippen LogP contribution is 2.25. The van der Waals surface area contributed by atoms with E-state index < -0.39 is 0 Å². The van der Waals surface area contributed by atoms with Gasteiger partial charge in [0.15, 0.2) is 0 Å². The number of hydrogen-bond donors (Lipinski definition) is 0. The Hall–Kier alpha value is -0.630. The maximum atomic E-state index is 5.50. The molecule has 0 radical (unpaired) electrons. The molecule has 0 spiro atoms. The van der Waals surface area contributed by atoms with Crippen molar-refractivity contribution in [3.63, 3.8) is 0 Å². The Morgan fingerprint density at radius 3 is 2.92 bits per heavy atom. The first-order valence-corrected chi connectivity index (χ1v) is 4.84. The van der Waals surface area contributed by atoms with Crippen molar-refractivity contribution in [1.82, 2.24) is 0 Å². The van der Waals surface area contributed by atoms with Gasteiger partial charge in [0.2, 0.25) is 0 Å². The van der Waals surface area contributed by atoms with Gasteiger partial charge in [0.25, 0.3) is 0 Å². The summed E-state index contributed by atoms with van der Waals surface area (Å²) in [5, 5.41) is 0. The lowest BCUT2D eigenvalue weighted by molar-refractivity contribution is 0.262. The zero-order chi connectivity index (χ0) is 8.39. The van der Waals surface area contributed by atoms with E-state index in [1.54, 1.807) is 0 Å². The maximum absolute atomic E-state index is 5.50. The van der Waals surface area contributed by atoms with Crippen molar-refractivity contribution in [3.8, 4) is 0 Å². The van der Waals surface area contributed by atoms with Crippen LogP contribution in [0.4, 0.5) is 0 Å². The molecule has 1 heterocycles. The second-order valence-corrected chi connectivity index (χ2v) is 3.65. The van der Waals surface area contributed by atoms with Crippen LogP contribution in [0.3, 0.4) is 0 Å². The van der Waals surface area contributed by atoms with Gasteiger partial charge in [-0.15, -0.1) is 0 Å². The molecule has 12 heavy (non-hydrogen) atoms. The van der Waals surface area contributed by atoms with Gasteiger partial charge in [0.1, 0.15) is 5.76 Å². The van der Waals surface area contributed by atoms with Crippen LogP contribution >= 0.6 is 12.2 Å². The zero-order valence-corrected chi connectivity index (χ0v) is 7.82. The molecule has 0 saturated carbocycles. The van der Waals surface area contributed by atoms with Crippen molar-refractivity contribution >= 4 is 17.1 Å². The molecule has 2 aliphatic rings. The van der Waals surface area contributed by atoms with Crippen molar-refractivity contribution in [2.75, 3.05) is 6.61 Å². The topological polar surface area (TPSA) is 9.23 Å². The van der Waals surface area contributed by atoms with Crippen molar-refractivity contribution in [3.05, 3.63) is 23.5 Å². The Morgan fingerprint density at radius 1 is 1.33 bits per heavy atom. The average Bonchev–Trinajstić information content (AvgIpc) is 2.57. The van der Waals surface area contributed by atoms with Gasteiger partial charge in [-0.3, -0.25) is 0 Å². The van der Waals surface area contributed by atoms with Crippen LogP contribution in [-0.4, -0.2) is 11.5 Å². The molecule has 1 aliphatic heterocycles. The summed E-state index contributed by atoms with van der Waals surface area (Å²) in [5.74, 6) is 1.12. The second-order valence-electron chi connectivity index (χ2n) is 3.15. The lowest BCUT2D eigenvalue weighted by Crippen LogP contribution is -2.04. The Bertz CT molecular complexity index is 255. The Labute approximate surface area is 78.1 Å². The minimum atomic E-state index is 0.870. The largest absolute Gasteiger partial charge is 0.497 e. The molecular formula is C10H12OS. The van der Waals surface area contributed by atoms with Gasteiger partial charge in [0, 0.05) is 16.9 Å². The normalized spacial score (nSPS) is 29.2. The minimum absolute atomic E-state index is 0.870. The summed E-state index contributed by atoms with van der Waals surface area (Å²) in [6, 6.07) is 0. The number of allylic oxidation sites excluding steroid dienone is 4. The summed E-state index contributed by atoms with van der Waals surface area (Å²) in [4.78, 5) is 1.08. The van der Waals surface area contributed by atoms with Gasteiger partial charge < -0.3 is 4.74 Å². The van der Waals surface area contributed by atoms with Crippen LogP contribution in [0.25, 0.3) is 0 Å². The highest BCUT2D eigenvalue weighted by atomic mass is 32.1. The molecule has 0 N–H and O–H groups in total. The summed E-state index contributed by atoms with van der Waals surface area (Å²) in [6.45, 7) is 0.870. The fourth-order valence-corrected chi connectivity index (χ4v) is 1.90. The van der Waals surface area contributed by atoms with Gasteiger partial charge in [0.05, 0.1) is 6.61 Å². The Morgan fingerprint density at radius 2 is 2.25 bits per heavy atom. The molecule has 0 amide bonds. The Balaban J connectivity index is 2.29. The average molecular weight is 180 g/mol. The smallest absolute Gasteiger partial charge is 0.104 e. The highest BCUT2D eigenvalue weighted by Gasteiger charge is 2.16. The van der Waals surface area contributed by atoms with Crippen LogP contribution < -0.4 is 0 Å².